The summed E-state index contributed by atoms with van der Waals surface area (Å²) < 4.78 is 0. The molecule has 0 atom stereocenters. The molecule has 0 aliphatic rings. The summed E-state index contributed by atoms with van der Waals surface area (Å²) >= 11 is 0. The predicted octanol–water partition coefficient (Wildman–Crippen LogP) is 2.06. The lowest BCUT2D eigenvalue weighted by atomic mass is 10.2. The summed E-state index contributed by atoms with van der Waals surface area (Å²) in [6.45, 7) is 6.16. The quantitative estimate of drug-likeness (QED) is 0.874. The first-order valence-corrected chi connectivity index (χ1v) is 6.33. The van der Waals surface area contributed by atoms with Gasteiger partial charge in [0.05, 0.1) is 6.20 Å². The monoisotopic (exact) mass is 244 g/mol. The number of anilines is 1. The van der Waals surface area contributed by atoms with Gasteiger partial charge in [-0.1, -0.05) is 38.1 Å². The fourth-order valence-corrected chi connectivity index (χ4v) is 1.92. The van der Waals surface area contributed by atoms with Gasteiger partial charge in [-0.3, -0.25) is 0 Å². The van der Waals surface area contributed by atoms with E-state index in [4.69, 9.17) is 0 Å². The second-order valence-corrected chi connectivity index (χ2v) is 4.79. The molecule has 96 valence electrons. The Morgan fingerprint density at radius 1 is 1.28 bits per heavy atom. The van der Waals surface area contributed by atoms with Crippen LogP contribution in [0.15, 0.2) is 30.5 Å². The van der Waals surface area contributed by atoms with Crippen molar-refractivity contribution < 1.29 is 0 Å². The molecule has 0 aliphatic carbocycles. The topological polar surface area (TPSA) is 41.0 Å². The van der Waals surface area contributed by atoms with E-state index in [1.807, 2.05) is 12.1 Å². The SMILES string of the molecule is CC(C)NCCN(C)c1nncc2ccccc12. The number of fused-ring (bicyclic) bond motifs is 1. The van der Waals surface area contributed by atoms with Crippen molar-refractivity contribution in [1.82, 2.24) is 15.5 Å². The van der Waals surface area contributed by atoms with Crippen molar-refractivity contribution >= 4 is 16.6 Å². The number of hydrogen-bond donors (Lipinski definition) is 1. The van der Waals surface area contributed by atoms with E-state index in [9.17, 15) is 0 Å². The number of nitrogens with zero attached hydrogens (tertiary/aromatic N) is 3. The lowest BCUT2D eigenvalue weighted by Gasteiger charge is -2.20. The van der Waals surface area contributed by atoms with Crippen LogP contribution in [-0.2, 0) is 0 Å². The molecule has 0 saturated heterocycles. The Balaban J connectivity index is 2.15. The largest absolute Gasteiger partial charge is 0.356 e. The standard InChI is InChI=1S/C14H20N4/c1-11(2)15-8-9-18(3)14-13-7-5-4-6-12(13)10-16-17-14/h4-7,10-11,15H,8-9H2,1-3H3. The molecule has 1 aromatic carbocycles. The molecule has 0 unspecified atom stereocenters. The van der Waals surface area contributed by atoms with Crippen molar-refractivity contribution in [3.63, 3.8) is 0 Å². The Labute approximate surface area is 108 Å². The van der Waals surface area contributed by atoms with Crippen LogP contribution in [0.2, 0.25) is 0 Å². The summed E-state index contributed by atoms with van der Waals surface area (Å²) in [5.74, 6) is 0.943. The highest BCUT2D eigenvalue weighted by molar-refractivity contribution is 5.91. The van der Waals surface area contributed by atoms with Gasteiger partial charge in [0.25, 0.3) is 0 Å². The van der Waals surface area contributed by atoms with Crippen LogP contribution in [0.3, 0.4) is 0 Å². The van der Waals surface area contributed by atoms with Gasteiger partial charge in [-0.25, -0.2) is 0 Å². The Morgan fingerprint density at radius 3 is 2.83 bits per heavy atom. The second kappa shape index (κ2) is 5.78. The van der Waals surface area contributed by atoms with Crippen molar-refractivity contribution in [3.8, 4) is 0 Å². The van der Waals surface area contributed by atoms with Crippen LogP contribution in [0.5, 0.6) is 0 Å². The highest BCUT2D eigenvalue weighted by Gasteiger charge is 2.07. The molecule has 4 heteroatoms. The molecule has 1 heterocycles. The third-order valence-electron chi connectivity index (χ3n) is 2.91. The average Bonchev–Trinajstić information content (AvgIpc) is 2.37. The minimum Gasteiger partial charge on any atom is -0.356 e. The lowest BCUT2D eigenvalue weighted by Crippen LogP contribution is -2.33. The second-order valence-electron chi connectivity index (χ2n) is 4.79. The Morgan fingerprint density at radius 2 is 2.06 bits per heavy atom. The maximum atomic E-state index is 4.25. The van der Waals surface area contributed by atoms with E-state index in [2.05, 4.69) is 53.4 Å². The van der Waals surface area contributed by atoms with Gasteiger partial charge in [0.1, 0.15) is 0 Å². The minimum absolute atomic E-state index is 0.511. The molecular weight excluding hydrogens is 224 g/mol. The summed E-state index contributed by atoms with van der Waals surface area (Å²) in [6.07, 6.45) is 1.80. The third-order valence-corrected chi connectivity index (χ3v) is 2.91. The van der Waals surface area contributed by atoms with E-state index < -0.39 is 0 Å². The van der Waals surface area contributed by atoms with E-state index in [0.717, 1.165) is 29.7 Å². The Kier molecular flexibility index (Phi) is 4.10. The zero-order chi connectivity index (χ0) is 13.0. The summed E-state index contributed by atoms with van der Waals surface area (Å²) in [4.78, 5) is 2.14. The highest BCUT2D eigenvalue weighted by Crippen LogP contribution is 2.21. The maximum Gasteiger partial charge on any atom is 0.158 e. The first-order valence-electron chi connectivity index (χ1n) is 6.33. The number of likely N-dealkylation sites (N-methyl/N-ethyl adjacent to an activating group) is 1. The van der Waals surface area contributed by atoms with Crippen molar-refractivity contribution in [1.29, 1.82) is 0 Å². The fraction of sp³-hybridized carbons (Fsp3) is 0.429. The molecule has 0 saturated carbocycles. The maximum absolute atomic E-state index is 4.25. The first kappa shape index (κ1) is 12.8. The van der Waals surface area contributed by atoms with Crippen molar-refractivity contribution in [2.45, 2.75) is 19.9 Å². The Bertz CT molecular complexity index is 505. The highest BCUT2D eigenvalue weighted by atomic mass is 15.2. The Hall–Kier alpha value is -1.68. The number of hydrogen-bond acceptors (Lipinski definition) is 4. The molecule has 0 bridgehead atoms. The average molecular weight is 244 g/mol. The van der Waals surface area contributed by atoms with Gasteiger partial charge in [-0.15, -0.1) is 5.10 Å². The zero-order valence-electron chi connectivity index (χ0n) is 11.2. The minimum atomic E-state index is 0.511. The summed E-state index contributed by atoms with van der Waals surface area (Å²) in [7, 11) is 2.05. The zero-order valence-corrected chi connectivity index (χ0v) is 11.2. The summed E-state index contributed by atoms with van der Waals surface area (Å²) in [6, 6.07) is 8.72. The number of rotatable bonds is 5. The van der Waals surface area contributed by atoms with Gasteiger partial charge in [0, 0.05) is 37.0 Å². The van der Waals surface area contributed by atoms with Crippen molar-refractivity contribution in [3.05, 3.63) is 30.5 Å². The third kappa shape index (κ3) is 2.96. The molecule has 0 fully saturated rings. The molecule has 2 aromatic rings. The van der Waals surface area contributed by atoms with Gasteiger partial charge in [0.2, 0.25) is 0 Å². The van der Waals surface area contributed by atoms with Gasteiger partial charge < -0.3 is 10.2 Å². The smallest absolute Gasteiger partial charge is 0.158 e. The lowest BCUT2D eigenvalue weighted by molar-refractivity contribution is 0.588. The molecule has 0 radical (unpaired) electrons. The first-order chi connectivity index (χ1) is 8.68. The molecule has 0 amide bonds. The molecule has 4 nitrogen and oxygen atoms in total. The van der Waals surface area contributed by atoms with Crippen molar-refractivity contribution in [2.75, 3.05) is 25.0 Å². The van der Waals surface area contributed by atoms with E-state index in [-0.39, 0.29) is 0 Å². The van der Waals surface area contributed by atoms with E-state index in [1.54, 1.807) is 6.20 Å². The number of aromatic nitrogens is 2. The molecule has 1 N–H and O–H groups in total. The predicted molar refractivity (Wildman–Crippen MR) is 75.9 cm³/mol. The molecule has 1 aromatic heterocycles. The van der Waals surface area contributed by atoms with E-state index in [1.165, 1.54) is 0 Å². The molecule has 0 aliphatic heterocycles. The van der Waals surface area contributed by atoms with Gasteiger partial charge >= 0.3 is 0 Å². The van der Waals surface area contributed by atoms with Crippen LogP contribution in [0.1, 0.15) is 13.8 Å². The van der Waals surface area contributed by atoms with Gasteiger partial charge in [-0.05, 0) is 0 Å². The number of nitrogens with one attached hydrogen (secondary N) is 1. The van der Waals surface area contributed by atoms with Crippen LogP contribution in [0, 0.1) is 0 Å². The van der Waals surface area contributed by atoms with Crippen LogP contribution < -0.4 is 10.2 Å². The van der Waals surface area contributed by atoms with E-state index in [0.29, 0.717) is 6.04 Å². The van der Waals surface area contributed by atoms with Crippen LogP contribution in [0.4, 0.5) is 5.82 Å². The normalized spacial score (nSPS) is 11.1. The number of benzene rings is 1. The summed E-state index contributed by atoms with van der Waals surface area (Å²) in [5, 5.41) is 14.0. The van der Waals surface area contributed by atoms with Crippen LogP contribution in [-0.4, -0.2) is 36.4 Å². The molecule has 0 spiro atoms. The van der Waals surface area contributed by atoms with Gasteiger partial charge in [-0.2, -0.15) is 5.10 Å². The fourth-order valence-electron chi connectivity index (χ4n) is 1.92. The summed E-state index contributed by atoms with van der Waals surface area (Å²) in [5.41, 5.74) is 0. The molecular formula is C14H20N4. The molecule has 2 rings (SSSR count). The van der Waals surface area contributed by atoms with Crippen LogP contribution in [0.25, 0.3) is 10.8 Å². The molecule has 18 heavy (non-hydrogen) atoms. The van der Waals surface area contributed by atoms with Gasteiger partial charge in [0.15, 0.2) is 5.82 Å². The van der Waals surface area contributed by atoms with Crippen LogP contribution >= 0.6 is 0 Å². The van der Waals surface area contributed by atoms with Crippen molar-refractivity contribution in [2.24, 2.45) is 0 Å². The van der Waals surface area contributed by atoms with E-state index >= 15 is 0 Å².